The van der Waals surface area contributed by atoms with Crippen LogP contribution in [0.4, 0.5) is 0 Å². The molecule has 0 aromatic rings. The highest BCUT2D eigenvalue weighted by atomic mass is 16.7. The second-order valence-electron chi connectivity index (χ2n) is 24.6. The van der Waals surface area contributed by atoms with E-state index in [2.05, 4.69) is 67.8 Å². The van der Waals surface area contributed by atoms with E-state index in [-0.39, 0.29) is 12.5 Å². The number of rotatable bonds is 57. The van der Waals surface area contributed by atoms with E-state index in [1.807, 2.05) is 0 Å². The van der Waals surface area contributed by atoms with Gasteiger partial charge in [-0.1, -0.05) is 287 Å². The van der Waals surface area contributed by atoms with Gasteiger partial charge in [0.05, 0.1) is 32.0 Å². The van der Waals surface area contributed by atoms with Crippen molar-refractivity contribution >= 4 is 5.91 Å². The van der Waals surface area contributed by atoms with Crippen molar-refractivity contribution in [3.8, 4) is 0 Å². The summed E-state index contributed by atoms with van der Waals surface area (Å²) in [6.07, 6.45) is 54.4. The number of allylic oxidation sites excluding steroid dienone is 8. The van der Waals surface area contributed by atoms with Gasteiger partial charge in [-0.25, -0.2) is 0 Å². The lowest BCUT2D eigenvalue weighted by Crippen LogP contribution is -2.65. The molecule has 0 saturated carbocycles. The molecular formula is C70H129NO13. The van der Waals surface area contributed by atoms with Crippen molar-refractivity contribution in [3.05, 3.63) is 48.6 Å². The summed E-state index contributed by atoms with van der Waals surface area (Å²) < 4.78 is 22.9. The Morgan fingerprint density at radius 3 is 1.26 bits per heavy atom. The molecule has 0 spiro atoms. The summed E-state index contributed by atoms with van der Waals surface area (Å²) in [5.41, 5.74) is 0. The average molecular weight is 1190 g/mol. The third kappa shape index (κ3) is 39.1. The van der Waals surface area contributed by atoms with Crippen molar-refractivity contribution in [3.63, 3.8) is 0 Å². The normalized spacial score (nSPS) is 23.9. The van der Waals surface area contributed by atoms with Crippen LogP contribution in [0.1, 0.15) is 296 Å². The van der Waals surface area contributed by atoms with E-state index in [0.29, 0.717) is 12.8 Å². The number of aliphatic hydroxyl groups is 8. The first-order chi connectivity index (χ1) is 41.1. The van der Waals surface area contributed by atoms with Gasteiger partial charge in [-0.3, -0.25) is 4.79 Å². The van der Waals surface area contributed by atoms with E-state index in [0.717, 1.165) is 77.0 Å². The van der Waals surface area contributed by atoms with Gasteiger partial charge in [0.2, 0.25) is 5.91 Å². The zero-order valence-corrected chi connectivity index (χ0v) is 53.4. The monoisotopic (exact) mass is 1190 g/mol. The topological polar surface area (TPSA) is 228 Å². The van der Waals surface area contributed by atoms with Crippen molar-refractivity contribution in [2.45, 2.75) is 370 Å². The Morgan fingerprint density at radius 1 is 0.440 bits per heavy atom. The minimum atomic E-state index is -1.78. The lowest BCUT2D eigenvalue weighted by atomic mass is 9.97. The summed E-state index contributed by atoms with van der Waals surface area (Å²) >= 11 is 0. The van der Waals surface area contributed by atoms with Crippen LogP contribution in [0.15, 0.2) is 48.6 Å². The van der Waals surface area contributed by atoms with Crippen molar-refractivity contribution in [2.75, 3.05) is 19.8 Å². The quantitative estimate of drug-likeness (QED) is 0.0204. The number of ether oxygens (including phenoxy) is 4. The predicted molar refractivity (Wildman–Crippen MR) is 341 cm³/mol. The number of aliphatic hydroxyl groups excluding tert-OH is 8. The fourth-order valence-corrected chi connectivity index (χ4v) is 11.5. The molecule has 0 aromatic heterocycles. The first-order valence-electron chi connectivity index (χ1n) is 34.9. The molecule has 2 saturated heterocycles. The average Bonchev–Trinajstić information content (AvgIpc) is 2.58. The number of hydrogen-bond donors (Lipinski definition) is 9. The summed E-state index contributed by atoms with van der Waals surface area (Å²) in [5.74, 6) is -0.202. The number of carbonyl (C=O) groups excluding carboxylic acids is 1. The van der Waals surface area contributed by atoms with Gasteiger partial charge in [-0.05, 0) is 51.4 Å². The predicted octanol–water partition coefficient (Wildman–Crippen LogP) is 13.9. The zero-order chi connectivity index (χ0) is 60.9. The fourth-order valence-electron chi connectivity index (χ4n) is 11.5. The number of nitrogens with one attached hydrogen (secondary N) is 1. The van der Waals surface area contributed by atoms with Gasteiger partial charge in [0.1, 0.15) is 48.8 Å². The van der Waals surface area contributed by atoms with Gasteiger partial charge < -0.3 is 65.1 Å². The molecule has 0 radical (unpaired) electrons. The first kappa shape index (κ1) is 78.0. The number of carbonyl (C=O) groups is 1. The van der Waals surface area contributed by atoms with Crippen LogP contribution in [0.2, 0.25) is 0 Å². The van der Waals surface area contributed by atoms with Gasteiger partial charge >= 0.3 is 0 Å². The Kier molecular flexibility index (Phi) is 51.1. The van der Waals surface area contributed by atoms with Crippen molar-refractivity contribution in [1.82, 2.24) is 5.32 Å². The second-order valence-corrected chi connectivity index (χ2v) is 24.6. The second kappa shape index (κ2) is 55.1. The molecule has 12 atom stereocenters. The van der Waals surface area contributed by atoms with Gasteiger partial charge in [0.25, 0.3) is 0 Å². The Morgan fingerprint density at radius 2 is 0.821 bits per heavy atom. The molecule has 2 rings (SSSR count). The molecule has 84 heavy (non-hydrogen) atoms. The van der Waals surface area contributed by atoms with Gasteiger partial charge in [-0.15, -0.1) is 0 Å². The molecule has 2 aliphatic rings. The first-order valence-corrected chi connectivity index (χ1v) is 34.9. The highest BCUT2D eigenvalue weighted by Gasteiger charge is 2.51. The third-order valence-electron chi connectivity index (χ3n) is 17.1. The number of hydrogen-bond acceptors (Lipinski definition) is 13. The maximum Gasteiger partial charge on any atom is 0.220 e. The lowest BCUT2D eigenvalue weighted by Gasteiger charge is -2.46. The minimum Gasteiger partial charge on any atom is -0.394 e. The van der Waals surface area contributed by atoms with Crippen LogP contribution in [0, 0.1) is 0 Å². The summed E-state index contributed by atoms with van der Waals surface area (Å²) in [7, 11) is 0. The maximum atomic E-state index is 13.3. The van der Waals surface area contributed by atoms with Crippen LogP contribution in [0.25, 0.3) is 0 Å². The zero-order valence-electron chi connectivity index (χ0n) is 53.4. The lowest BCUT2D eigenvalue weighted by molar-refractivity contribution is -0.359. The fraction of sp³-hybridized carbons (Fsp3) is 0.871. The van der Waals surface area contributed by atoms with E-state index >= 15 is 0 Å². The Hall–Kier alpha value is -2.05. The molecule has 14 heteroatoms. The molecule has 2 heterocycles. The molecule has 12 unspecified atom stereocenters. The number of unbranched alkanes of at least 4 members (excludes halogenated alkanes) is 36. The molecule has 0 aliphatic carbocycles. The Bertz CT molecular complexity index is 1590. The summed E-state index contributed by atoms with van der Waals surface area (Å²) in [6.45, 7) is 2.77. The summed E-state index contributed by atoms with van der Waals surface area (Å²) in [5, 5.41) is 87.4. The van der Waals surface area contributed by atoms with E-state index in [9.17, 15) is 45.6 Å². The maximum absolute atomic E-state index is 13.3. The number of amides is 1. The standard InChI is InChI=1S/C70H129NO13/c1-3-5-7-9-11-13-15-17-18-19-20-21-22-23-24-25-26-27-28-29-30-31-32-33-34-35-36-37-38-39-40-42-44-46-48-50-52-54-62(75)71-58(59(74)53-51-49-47-45-43-41-16-14-12-10-8-6-4-2)57-81-69-67(80)65(78)68(61(56-73)83-69)84-70-66(79)64(77)63(76)60(55-72)82-70/h5,7,11,13,17-18,20-21,58-61,63-70,72-74,76-80H,3-4,6,8-10,12,14-16,19,22-57H2,1-2H3,(H,71,75)/b7-5-,13-11-,18-17-,21-20-. The van der Waals surface area contributed by atoms with Crippen LogP contribution in [-0.2, 0) is 23.7 Å². The van der Waals surface area contributed by atoms with Crippen molar-refractivity contribution < 1.29 is 64.6 Å². The van der Waals surface area contributed by atoms with Gasteiger partial charge in [0.15, 0.2) is 12.6 Å². The largest absolute Gasteiger partial charge is 0.394 e. The third-order valence-corrected chi connectivity index (χ3v) is 17.1. The van der Waals surface area contributed by atoms with E-state index in [4.69, 9.17) is 18.9 Å². The van der Waals surface area contributed by atoms with E-state index < -0.39 is 86.8 Å². The highest BCUT2D eigenvalue weighted by Crippen LogP contribution is 2.30. The van der Waals surface area contributed by atoms with Crippen molar-refractivity contribution in [2.24, 2.45) is 0 Å². The Balaban J connectivity index is 1.56. The van der Waals surface area contributed by atoms with Crippen LogP contribution in [-0.4, -0.2) is 140 Å². The van der Waals surface area contributed by atoms with Crippen LogP contribution in [0.3, 0.4) is 0 Å². The van der Waals surface area contributed by atoms with Crippen LogP contribution >= 0.6 is 0 Å². The molecule has 0 aromatic carbocycles. The molecule has 1 amide bonds. The Labute approximate surface area is 512 Å². The van der Waals surface area contributed by atoms with Crippen LogP contribution < -0.4 is 5.32 Å². The molecule has 9 N–H and O–H groups in total. The van der Waals surface area contributed by atoms with E-state index in [1.165, 1.54) is 193 Å². The summed E-state index contributed by atoms with van der Waals surface area (Å²) in [4.78, 5) is 13.3. The van der Waals surface area contributed by atoms with E-state index in [1.54, 1.807) is 0 Å². The van der Waals surface area contributed by atoms with Gasteiger partial charge in [0, 0.05) is 6.42 Å². The van der Waals surface area contributed by atoms with Crippen LogP contribution in [0.5, 0.6) is 0 Å². The van der Waals surface area contributed by atoms with Crippen molar-refractivity contribution in [1.29, 1.82) is 0 Å². The highest BCUT2D eigenvalue weighted by molar-refractivity contribution is 5.76. The molecule has 2 aliphatic heterocycles. The smallest absolute Gasteiger partial charge is 0.220 e. The van der Waals surface area contributed by atoms with Gasteiger partial charge in [-0.2, -0.15) is 0 Å². The molecular weight excluding hydrogens is 1060 g/mol. The molecule has 0 bridgehead atoms. The summed E-state index contributed by atoms with van der Waals surface area (Å²) in [6, 6.07) is -0.826. The SMILES string of the molecule is CC/C=C\C/C=C\C/C=C\C/C=C\CCCCCCCCCCCCCCCCCCCCCCCCCCC(=O)NC(COC1OC(CO)C(OC2OC(CO)C(O)C(O)C2O)C(O)C1O)C(O)CCCCCCCCCCCCCCC. The molecule has 492 valence electrons. The minimum absolute atomic E-state index is 0.202. The molecule has 2 fully saturated rings. The molecule has 14 nitrogen and oxygen atoms in total.